The molecule has 2 rings (SSSR count). The van der Waals surface area contributed by atoms with E-state index in [1.165, 1.54) is 18.2 Å². The maximum atomic E-state index is 12.6. The number of nitrogens with zero attached hydrogens (tertiary/aromatic N) is 1. The van der Waals surface area contributed by atoms with Crippen molar-refractivity contribution in [1.82, 2.24) is 0 Å². The van der Waals surface area contributed by atoms with Crippen molar-refractivity contribution in [3.8, 4) is 0 Å². The summed E-state index contributed by atoms with van der Waals surface area (Å²) in [6.45, 7) is 0. The lowest BCUT2D eigenvalue weighted by atomic mass is 10.2. The lowest BCUT2D eigenvalue weighted by molar-refractivity contribution is -0.116. The molecule has 62 valence electrons. The predicted octanol–water partition coefficient (Wildman–Crippen LogP) is 1.87. The number of fused-ring (bicyclic) bond motifs is 1. The van der Waals surface area contributed by atoms with Crippen LogP contribution in [0, 0.1) is 5.82 Å². The van der Waals surface area contributed by atoms with E-state index < -0.39 is 0 Å². The molecule has 1 amide bonds. The molecule has 0 aliphatic carbocycles. The number of hydrogen-bond acceptors (Lipinski definition) is 1. The van der Waals surface area contributed by atoms with Crippen LogP contribution >= 0.6 is 11.8 Å². The Hall–Kier alpha value is -1.09. The van der Waals surface area contributed by atoms with Gasteiger partial charge in [0, 0.05) is 11.8 Å². The van der Waals surface area contributed by atoms with Crippen molar-refractivity contribution in [2.24, 2.45) is 0 Å². The first-order valence-electron chi connectivity index (χ1n) is 3.45. The van der Waals surface area contributed by atoms with Crippen molar-refractivity contribution in [3.63, 3.8) is 0 Å². The highest BCUT2D eigenvalue weighted by atomic mass is 35.5. The molecule has 1 aromatic carbocycles. The normalized spacial score (nSPS) is 15.2. The Labute approximate surface area is 73.7 Å². The van der Waals surface area contributed by atoms with Crippen LogP contribution in [0.1, 0.15) is 5.56 Å². The van der Waals surface area contributed by atoms with E-state index >= 15 is 0 Å². The van der Waals surface area contributed by atoms with Crippen LogP contribution in [0.15, 0.2) is 18.2 Å². The van der Waals surface area contributed by atoms with Crippen molar-refractivity contribution in [1.29, 1.82) is 0 Å². The monoisotopic (exact) mass is 185 g/mol. The van der Waals surface area contributed by atoms with Crippen LogP contribution in [0.4, 0.5) is 10.1 Å². The largest absolute Gasteiger partial charge is 0.273 e. The molecular formula is C8H5ClFNO. The molecular weight excluding hydrogens is 181 g/mol. The van der Waals surface area contributed by atoms with Gasteiger partial charge in [0.25, 0.3) is 0 Å². The number of rotatable bonds is 0. The predicted molar refractivity (Wildman–Crippen MR) is 43.4 cm³/mol. The quantitative estimate of drug-likeness (QED) is 0.565. The number of carbonyl (C=O) groups is 1. The molecule has 0 saturated heterocycles. The van der Waals surface area contributed by atoms with Crippen LogP contribution in [0.5, 0.6) is 0 Å². The van der Waals surface area contributed by atoms with Crippen molar-refractivity contribution in [2.75, 3.05) is 4.42 Å². The molecule has 0 N–H and O–H groups in total. The fourth-order valence-electron chi connectivity index (χ4n) is 1.25. The van der Waals surface area contributed by atoms with Gasteiger partial charge in [-0.1, -0.05) is 0 Å². The first kappa shape index (κ1) is 7.55. The van der Waals surface area contributed by atoms with Crippen molar-refractivity contribution < 1.29 is 9.18 Å². The lowest BCUT2D eigenvalue weighted by Gasteiger charge is -2.04. The van der Waals surface area contributed by atoms with Crippen LogP contribution in [-0.2, 0) is 11.2 Å². The smallest absolute Gasteiger partial charge is 0.246 e. The van der Waals surface area contributed by atoms with Crippen molar-refractivity contribution in [2.45, 2.75) is 6.42 Å². The van der Waals surface area contributed by atoms with Gasteiger partial charge in [-0.2, -0.15) is 0 Å². The minimum absolute atomic E-state index is 0.191. The summed E-state index contributed by atoms with van der Waals surface area (Å²) in [5.41, 5.74) is 1.23. The summed E-state index contributed by atoms with van der Waals surface area (Å²) in [6.07, 6.45) is 0.191. The molecule has 1 aromatic rings. The van der Waals surface area contributed by atoms with Crippen LogP contribution in [0.2, 0.25) is 0 Å². The third-order valence-corrected chi connectivity index (χ3v) is 2.18. The standard InChI is InChI=1S/C8H5ClFNO/c9-11-7-2-1-6(10)3-5(7)4-8(11)12/h1-3H,4H2. The van der Waals surface area contributed by atoms with Crippen LogP contribution in [0.3, 0.4) is 0 Å². The minimum Gasteiger partial charge on any atom is -0.273 e. The first-order chi connectivity index (χ1) is 5.68. The minimum atomic E-state index is -0.339. The maximum Gasteiger partial charge on any atom is 0.246 e. The molecule has 0 fully saturated rings. The zero-order valence-corrected chi connectivity index (χ0v) is 6.81. The summed E-state index contributed by atoms with van der Waals surface area (Å²) in [7, 11) is 0. The van der Waals surface area contributed by atoms with Gasteiger partial charge in [0.15, 0.2) is 0 Å². The lowest BCUT2D eigenvalue weighted by Crippen LogP contribution is -2.13. The number of hydrogen-bond donors (Lipinski definition) is 0. The molecule has 2 nitrogen and oxygen atoms in total. The van der Waals surface area contributed by atoms with E-state index in [0.717, 1.165) is 4.42 Å². The topological polar surface area (TPSA) is 20.3 Å². The van der Waals surface area contributed by atoms with Gasteiger partial charge in [-0.3, -0.25) is 4.79 Å². The second-order valence-electron chi connectivity index (χ2n) is 2.62. The SMILES string of the molecule is O=C1Cc2cc(F)ccc2N1Cl. The summed E-state index contributed by atoms with van der Waals surface area (Å²) in [6, 6.07) is 4.12. The fraction of sp³-hybridized carbons (Fsp3) is 0.125. The Morgan fingerprint density at radius 3 is 3.00 bits per heavy atom. The third kappa shape index (κ3) is 0.975. The first-order valence-corrected chi connectivity index (χ1v) is 3.79. The highest BCUT2D eigenvalue weighted by Crippen LogP contribution is 2.30. The molecule has 12 heavy (non-hydrogen) atoms. The second kappa shape index (κ2) is 2.45. The van der Waals surface area contributed by atoms with Gasteiger partial charge in [0.05, 0.1) is 12.1 Å². The number of anilines is 1. The molecule has 0 unspecified atom stereocenters. The average Bonchev–Trinajstić information content (AvgIpc) is 2.28. The number of amides is 1. The van der Waals surface area contributed by atoms with E-state index in [2.05, 4.69) is 0 Å². The molecule has 0 spiro atoms. The van der Waals surface area contributed by atoms with E-state index in [1.807, 2.05) is 0 Å². The van der Waals surface area contributed by atoms with Crippen molar-refractivity contribution >= 4 is 23.4 Å². The van der Waals surface area contributed by atoms with Gasteiger partial charge in [-0.15, -0.1) is 0 Å². The Morgan fingerprint density at radius 2 is 2.25 bits per heavy atom. The summed E-state index contributed by atoms with van der Waals surface area (Å²) >= 11 is 5.61. The van der Waals surface area contributed by atoms with Gasteiger partial charge >= 0.3 is 0 Å². The van der Waals surface area contributed by atoms with Gasteiger partial charge in [0.2, 0.25) is 5.91 Å². The Morgan fingerprint density at radius 1 is 1.50 bits per heavy atom. The van der Waals surface area contributed by atoms with Crippen molar-refractivity contribution in [3.05, 3.63) is 29.6 Å². The van der Waals surface area contributed by atoms with Gasteiger partial charge in [0.1, 0.15) is 5.82 Å². The fourth-order valence-corrected chi connectivity index (χ4v) is 1.48. The Kier molecular flexibility index (Phi) is 1.54. The van der Waals surface area contributed by atoms with Crippen LogP contribution < -0.4 is 4.42 Å². The number of halogens is 2. The summed E-state index contributed by atoms with van der Waals surface area (Å²) in [4.78, 5) is 11.0. The summed E-state index contributed by atoms with van der Waals surface area (Å²) in [5.74, 6) is -0.550. The summed E-state index contributed by atoms with van der Waals surface area (Å²) < 4.78 is 13.7. The molecule has 0 radical (unpaired) electrons. The molecule has 0 saturated carbocycles. The molecule has 0 atom stereocenters. The highest BCUT2D eigenvalue weighted by Gasteiger charge is 2.25. The Balaban J connectivity index is 2.54. The van der Waals surface area contributed by atoms with Gasteiger partial charge in [-0.05, 0) is 23.8 Å². The average molecular weight is 186 g/mol. The van der Waals surface area contributed by atoms with Crippen LogP contribution in [0.25, 0.3) is 0 Å². The van der Waals surface area contributed by atoms with Gasteiger partial charge < -0.3 is 0 Å². The number of benzene rings is 1. The molecule has 1 heterocycles. The molecule has 1 aliphatic rings. The molecule has 0 bridgehead atoms. The molecule has 4 heteroatoms. The second-order valence-corrected chi connectivity index (χ2v) is 2.96. The zero-order chi connectivity index (χ0) is 8.72. The van der Waals surface area contributed by atoms with E-state index in [-0.39, 0.29) is 18.1 Å². The van der Waals surface area contributed by atoms with Gasteiger partial charge in [-0.25, -0.2) is 8.81 Å². The number of carbonyl (C=O) groups excluding carboxylic acids is 1. The van der Waals surface area contributed by atoms with E-state index in [9.17, 15) is 9.18 Å². The summed E-state index contributed by atoms with van der Waals surface area (Å²) in [5, 5.41) is 0. The van der Waals surface area contributed by atoms with E-state index in [0.29, 0.717) is 11.3 Å². The highest BCUT2D eigenvalue weighted by molar-refractivity contribution is 6.38. The van der Waals surface area contributed by atoms with Crippen LogP contribution in [-0.4, -0.2) is 5.91 Å². The Bertz CT molecular complexity index is 353. The maximum absolute atomic E-state index is 12.6. The molecule has 1 aliphatic heterocycles. The van der Waals surface area contributed by atoms with E-state index in [1.54, 1.807) is 0 Å². The third-order valence-electron chi connectivity index (χ3n) is 1.81. The molecule has 0 aromatic heterocycles. The van der Waals surface area contributed by atoms with E-state index in [4.69, 9.17) is 11.8 Å². The zero-order valence-electron chi connectivity index (χ0n) is 6.05.